The van der Waals surface area contributed by atoms with Gasteiger partial charge in [0.1, 0.15) is 0 Å². The highest BCUT2D eigenvalue weighted by molar-refractivity contribution is 5.95. The number of amides is 1. The molecule has 0 spiro atoms. The number of aromatic carboxylic acids is 1. The highest BCUT2D eigenvalue weighted by Gasteiger charge is 2.33. The van der Waals surface area contributed by atoms with Gasteiger partial charge >= 0.3 is 5.97 Å². The molecule has 0 atom stereocenters. The minimum absolute atomic E-state index is 0.00717. The Bertz CT molecular complexity index is 507. The Hall–Kier alpha value is -1.84. The third-order valence-corrected chi connectivity index (χ3v) is 4.99. The first-order valence-corrected chi connectivity index (χ1v) is 7.64. The van der Waals surface area contributed by atoms with Crippen LogP contribution < -0.4 is 0 Å². The van der Waals surface area contributed by atoms with Gasteiger partial charge in [0.2, 0.25) is 0 Å². The van der Waals surface area contributed by atoms with Gasteiger partial charge in [0.05, 0.1) is 5.56 Å². The smallest absolute Gasteiger partial charge is 0.335 e. The van der Waals surface area contributed by atoms with Gasteiger partial charge in [-0.1, -0.05) is 26.7 Å². The first-order valence-electron chi connectivity index (χ1n) is 7.64. The van der Waals surface area contributed by atoms with Crippen LogP contribution in [-0.4, -0.2) is 35.0 Å². The van der Waals surface area contributed by atoms with Crippen LogP contribution in [0.25, 0.3) is 0 Å². The third-order valence-electron chi connectivity index (χ3n) is 4.99. The summed E-state index contributed by atoms with van der Waals surface area (Å²) in [6, 6.07) is 6.18. The van der Waals surface area contributed by atoms with Crippen molar-refractivity contribution in [2.45, 2.75) is 39.5 Å². The molecule has 0 aromatic heterocycles. The van der Waals surface area contributed by atoms with Crippen LogP contribution in [0.5, 0.6) is 0 Å². The van der Waals surface area contributed by atoms with Crippen molar-refractivity contribution < 1.29 is 14.7 Å². The first kappa shape index (κ1) is 15.5. The topological polar surface area (TPSA) is 57.6 Å². The average Bonchev–Trinajstić information content (AvgIpc) is 2.54. The molecule has 1 aromatic carbocycles. The number of carbonyl (C=O) groups is 2. The number of hydrogen-bond donors (Lipinski definition) is 1. The number of likely N-dealkylation sites (tertiary alicyclic amines) is 1. The van der Waals surface area contributed by atoms with E-state index in [2.05, 4.69) is 13.8 Å². The molecule has 1 aromatic rings. The van der Waals surface area contributed by atoms with Crippen molar-refractivity contribution >= 4 is 11.9 Å². The highest BCUT2D eigenvalue weighted by atomic mass is 16.4. The number of nitrogens with zero attached hydrogens (tertiary/aromatic N) is 1. The van der Waals surface area contributed by atoms with Crippen LogP contribution in [0.2, 0.25) is 0 Å². The minimum atomic E-state index is -0.970. The SMILES string of the molecule is CCC1(CC)CCN(C(=O)c2ccc(C(=O)O)cc2)CC1. The number of carboxylic acids is 1. The first-order chi connectivity index (χ1) is 10.0. The Balaban J connectivity index is 2.03. The predicted octanol–water partition coefficient (Wildman–Crippen LogP) is 3.43. The normalized spacial score (nSPS) is 17.5. The lowest BCUT2D eigenvalue weighted by molar-refractivity contribution is 0.0556. The third kappa shape index (κ3) is 3.26. The lowest BCUT2D eigenvalue weighted by Crippen LogP contribution is -2.42. The van der Waals surface area contributed by atoms with Gasteiger partial charge in [0.25, 0.3) is 5.91 Å². The second-order valence-electron chi connectivity index (χ2n) is 5.88. The second-order valence-corrected chi connectivity index (χ2v) is 5.88. The molecule has 1 N–H and O–H groups in total. The molecule has 114 valence electrons. The monoisotopic (exact) mass is 289 g/mol. The summed E-state index contributed by atoms with van der Waals surface area (Å²) in [4.78, 5) is 25.2. The number of benzene rings is 1. The minimum Gasteiger partial charge on any atom is -0.478 e. The molecule has 0 bridgehead atoms. The maximum atomic E-state index is 12.4. The van der Waals surface area contributed by atoms with Crippen LogP contribution >= 0.6 is 0 Å². The fourth-order valence-electron chi connectivity index (χ4n) is 3.08. The van der Waals surface area contributed by atoms with Gasteiger partial charge in [-0.15, -0.1) is 0 Å². The van der Waals surface area contributed by atoms with E-state index in [0.717, 1.165) is 25.9 Å². The standard InChI is InChI=1S/C17H23NO3/c1-3-17(4-2)9-11-18(12-10-17)15(19)13-5-7-14(8-6-13)16(20)21/h5-8H,3-4,9-12H2,1-2H3,(H,20,21). The van der Waals surface area contributed by atoms with Crippen molar-refractivity contribution in [1.29, 1.82) is 0 Å². The molecule has 1 aliphatic rings. The fraction of sp³-hybridized carbons (Fsp3) is 0.529. The van der Waals surface area contributed by atoms with Crippen LogP contribution in [0.1, 0.15) is 60.2 Å². The molecule has 0 saturated carbocycles. The summed E-state index contributed by atoms with van der Waals surface area (Å²) in [5.41, 5.74) is 1.17. The average molecular weight is 289 g/mol. The summed E-state index contributed by atoms with van der Waals surface area (Å²) in [6.07, 6.45) is 4.44. The van der Waals surface area contributed by atoms with Gasteiger partial charge in [0, 0.05) is 18.7 Å². The van der Waals surface area contributed by atoms with E-state index in [9.17, 15) is 9.59 Å². The quantitative estimate of drug-likeness (QED) is 0.924. The molecular formula is C17H23NO3. The summed E-state index contributed by atoms with van der Waals surface area (Å²) in [6.45, 7) is 6.04. The number of piperidine rings is 1. The lowest BCUT2D eigenvalue weighted by atomic mass is 9.74. The van der Waals surface area contributed by atoms with Crippen molar-refractivity contribution in [2.24, 2.45) is 5.41 Å². The van der Waals surface area contributed by atoms with Gasteiger partial charge < -0.3 is 10.0 Å². The molecule has 1 fully saturated rings. The van der Waals surface area contributed by atoms with Crippen LogP contribution in [0.3, 0.4) is 0 Å². The van der Waals surface area contributed by atoms with Crippen molar-refractivity contribution in [3.05, 3.63) is 35.4 Å². The van der Waals surface area contributed by atoms with Crippen molar-refractivity contribution in [1.82, 2.24) is 4.90 Å². The van der Waals surface area contributed by atoms with E-state index in [4.69, 9.17) is 5.11 Å². The summed E-state index contributed by atoms with van der Waals surface area (Å²) in [5, 5.41) is 8.88. The number of carboxylic acid groups (broad SMARTS) is 1. The molecule has 1 amide bonds. The summed E-state index contributed by atoms with van der Waals surface area (Å²) >= 11 is 0. The molecule has 21 heavy (non-hydrogen) atoms. The number of rotatable bonds is 4. The Morgan fingerprint density at radius 1 is 1.05 bits per heavy atom. The van der Waals surface area contributed by atoms with Crippen LogP contribution in [0.4, 0.5) is 0 Å². The van der Waals surface area contributed by atoms with Crippen LogP contribution in [0.15, 0.2) is 24.3 Å². The Labute approximate surface area is 125 Å². The van der Waals surface area contributed by atoms with E-state index >= 15 is 0 Å². The summed E-state index contributed by atoms with van der Waals surface area (Å²) in [5.74, 6) is -0.963. The molecule has 2 rings (SSSR count). The molecule has 1 heterocycles. The van der Waals surface area contributed by atoms with Crippen molar-refractivity contribution in [2.75, 3.05) is 13.1 Å². The molecule has 0 aliphatic carbocycles. The molecule has 0 radical (unpaired) electrons. The van der Waals surface area contributed by atoms with Crippen LogP contribution in [-0.2, 0) is 0 Å². The molecule has 4 heteroatoms. The molecule has 4 nitrogen and oxygen atoms in total. The van der Waals surface area contributed by atoms with E-state index < -0.39 is 5.97 Å². The van der Waals surface area contributed by atoms with Crippen molar-refractivity contribution in [3.63, 3.8) is 0 Å². The summed E-state index contributed by atoms with van der Waals surface area (Å²) < 4.78 is 0. The maximum Gasteiger partial charge on any atom is 0.335 e. The summed E-state index contributed by atoms with van der Waals surface area (Å²) in [7, 11) is 0. The number of carbonyl (C=O) groups excluding carboxylic acids is 1. The largest absolute Gasteiger partial charge is 0.478 e. The molecule has 1 aliphatic heterocycles. The fourth-order valence-corrected chi connectivity index (χ4v) is 3.08. The Morgan fingerprint density at radius 3 is 1.95 bits per heavy atom. The zero-order chi connectivity index (χ0) is 15.5. The lowest BCUT2D eigenvalue weighted by Gasteiger charge is -2.41. The molecule has 0 unspecified atom stereocenters. The van der Waals surface area contributed by atoms with Gasteiger partial charge in [-0.25, -0.2) is 4.79 Å². The van der Waals surface area contributed by atoms with E-state index in [1.807, 2.05) is 4.90 Å². The Kier molecular flexibility index (Phi) is 4.66. The van der Waals surface area contributed by atoms with Gasteiger partial charge in [0.15, 0.2) is 0 Å². The zero-order valence-electron chi connectivity index (χ0n) is 12.8. The number of hydrogen-bond acceptors (Lipinski definition) is 2. The zero-order valence-corrected chi connectivity index (χ0v) is 12.8. The molecular weight excluding hydrogens is 266 g/mol. The Morgan fingerprint density at radius 2 is 1.52 bits per heavy atom. The van der Waals surface area contributed by atoms with Crippen molar-refractivity contribution in [3.8, 4) is 0 Å². The second kappa shape index (κ2) is 6.29. The van der Waals surface area contributed by atoms with Crippen LogP contribution in [0, 0.1) is 5.41 Å². The van der Waals surface area contributed by atoms with E-state index in [1.165, 1.54) is 25.0 Å². The predicted molar refractivity (Wildman–Crippen MR) is 81.6 cm³/mol. The highest BCUT2D eigenvalue weighted by Crippen LogP contribution is 2.38. The maximum absolute atomic E-state index is 12.4. The molecule has 1 saturated heterocycles. The van der Waals surface area contributed by atoms with Gasteiger partial charge in [-0.05, 0) is 42.5 Å². The van der Waals surface area contributed by atoms with E-state index in [-0.39, 0.29) is 11.5 Å². The van der Waals surface area contributed by atoms with E-state index in [0.29, 0.717) is 11.0 Å². The van der Waals surface area contributed by atoms with E-state index in [1.54, 1.807) is 12.1 Å². The van der Waals surface area contributed by atoms with Gasteiger partial charge in [-0.3, -0.25) is 4.79 Å². The van der Waals surface area contributed by atoms with Gasteiger partial charge in [-0.2, -0.15) is 0 Å².